The number of carboxylic acids is 1. The third-order valence-electron chi connectivity index (χ3n) is 5.25. The van der Waals surface area contributed by atoms with Gasteiger partial charge in [-0.05, 0) is 57.0 Å². The Kier molecular flexibility index (Phi) is 9.21. The Labute approximate surface area is 184 Å². The van der Waals surface area contributed by atoms with Crippen molar-refractivity contribution >= 4 is 17.7 Å². The quantitative estimate of drug-likeness (QED) is 0.674. The maximum Gasteiger partial charge on any atom is 0.490 e. The highest BCUT2D eigenvalue weighted by atomic mass is 19.4. The highest BCUT2D eigenvalue weighted by Gasteiger charge is 2.38. The number of aliphatic carboxylic acids is 1. The fraction of sp³-hybridized carbons (Fsp3) is 0.591. The molecule has 0 spiro atoms. The first-order chi connectivity index (χ1) is 15.0. The van der Waals surface area contributed by atoms with Crippen molar-refractivity contribution in [2.45, 2.75) is 57.9 Å². The number of ether oxygens (including phenoxy) is 1. The van der Waals surface area contributed by atoms with E-state index in [0.717, 1.165) is 31.5 Å². The maximum atomic E-state index is 12.5. The summed E-state index contributed by atoms with van der Waals surface area (Å²) in [5.74, 6) is -2.65. The number of Topliss-reactive ketones (excluding diaryl/α,β-unsaturated/α-hetero) is 1. The van der Waals surface area contributed by atoms with Crippen molar-refractivity contribution in [1.29, 1.82) is 0 Å². The van der Waals surface area contributed by atoms with Gasteiger partial charge in [0, 0.05) is 31.5 Å². The van der Waals surface area contributed by atoms with Gasteiger partial charge in [0.1, 0.15) is 0 Å². The molecule has 2 heterocycles. The fourth-order valence-corrected chi connectivity index (χ4v) is 3.75. The second-order valence-electron chi connectivity index (χ2n) is 8.02. The number of alkyl halides is 3. The number of halogens is 3. The number of hydrogen-bond acceptors (Lipinski definition) is 5. The number of rotatable bonds is 4. The number of morpholine rings is 1. The number of carbonyl (C=O) groups is 3. The van der Waals surface area contributed by atoms with Crippen molar-refractivity contribution in [2.75, 3.05) is 26.2 Å². The van der Waals surface area contributed by atoms with E-state index in [1.165, 1.54) is 11.1 Å². The topological polar surface area (TPSA) is 95.9 Å². The van der Waals surface area contributed by atoms with Gasteiger partial charge in [-0.1, -0.05) is 12.1 Å². The molecule has 2 N–H and O–H groups in total. The van der Waals surface area contributed by atoms with E-state index in [0.29, 0.717) is 13.1 Å². The molecule has 2 aliphatic rings. The third kappa shape index (κ3) is 7.90. The molecule has 2 atom stereocenters. The summed E-state index contributed by atoms with van der Waals surface area (Å²) in [6.07, 6.45) is -2.45. The van der Waals surface area contributed by atoms with Crippen LogP contribution in [0.5, 0.6) is 0 Å². The van der Waals surface area contributed by atoms with Crippen molar-refractivity contribution in [2.24, 2.45) is 0 Å². The van der Waals surface area contributed by atoms with Crippen molar-refractivity contribution in [3.8, 4) is 0 Å². The van der Waals surface area contributed by atoms with Gasteiger partial charge in [-0.15, -0.1) is 0 Å². The van der Waals surface area contributed by atoms with E-state index in [4.69, 9.17) is 14.6 Å². The summed E-state index contributed by atoms with van der Waals surface area (Å²) in [5.41, 5.74) is 3.32. The van der Waals surface area contributed by atoms with E-state index < -0.39 is 12.1 Å². The molecule has 3 rings (SSSR count). The van der Waals surface area contributed by atoms with Gasteiger partial charge in [-0.2, -0.15) is 13.2 Å². The molecule has 2 unspecified atom stereocenters. The minimum atomic E-state index is -5.08. The Morgan fingerprint density at radius 2 is 1.62 bits per heavy atom. The number of carbonyl (C=O) groups excluding carboxylic acids is 2. The molecular weight excluding hydrogens is 429 g/mol. The monoisotopic (exact) mass is 458 g/mol. The molecule has 2 aliphatic heterocycles. The summed E-state index contributed by atoms with van der Waals surface area (Å²) in [4.78, 5) is 35.7. The molecule has 1 fully saturated rings. The largest absolute Gasteiger partial charge is 0.490 e. The van der Waals surface area contributed by atoms with E-state index in [1.807, 2.05) is 30.9 Å². The number of nitrogens with zero attached hydrogens (tertiary/aromatic N) is 1. The van der Waals surface area contributed by atoms with Crippen LogP contribution in [0.2, 0.25) is 0 Å². The highest BCUT2D eigenvalue weighted by molar-refractivity contribution is 5.98. The molecule has 0 bridgehead atoms. The number of nitrogens with one attached hydrogen (secondary N) is 1. The van der Waals surface area contributed by atoms with Gasteiger partial charge in [0.25, 0.3) is 0 Å². The number of fused-ring (bicyclic) bond motifs is 1. The Morgan fingerprint density at radius 3 is 2.19 bits per heavy atom. The van der Waals surface area contributed by atoms with E-state index >= 15 is 0 Å². The van der Waals surface area contributed by atoms with E-state index in [9.17, 15) is 22.8 Å². The second-order valence-corrected chi connectivity index (χ2v) is 8.02. The molecule has 0 saturated carbocycles. The minimum absolute atomic E-state index is 0.0503. The number of carboxylic acid groups (broad SMARTS) is 1. The van der Waals surface area contributed by atoms with Crippen molar-refractivity contribution in [3.05, 3.63) is 34.9 Å². The Balaban J connectivity index is 0.000000451. The Bertz CT molecular complexity index is 818. The van der Waals surface area contributed by atoms with E-state index in [-0.39, 0.29) is 36.7 Å². The summed E-state index contributed by atoms with van der Waals surface area (Å²) >= 11 is 0. The lowest BCUT2D eigenvalue weighted by Gasteiger charge is -2.35. The molecule has 1 amide bonds. The summed E-state index contributed by atoms with van der Waals surface area (Å²) in [5, 5.41) is 10.5. The van der Waals surface area contributed by atoms with Gasteiger partial charge >= 0.3 is 12.1 Å². The lowest BCUT2D eigenvalue weighted by Crippen LogP contribution is -2.48. The van der Waals surface area contributed by atoms with E-state index in [1.54, 1.807) is 0 Å². The lowest BCUT2D eigenvalue weighted by atomic mass is 9.97. The van der Waals surface area contributed by atoms with Crippen LogP contribution in [0.1, 0.15) is 48.2 Å². The van der Waals surface area contributed by atoms with Crippen molar-refractivity contribution in [3.63, 3.8) is 0 Å². The van der Waals surface area contributed by atoms with Crippen LogP contribution in [0.4, 0.5) is 13.2 Å². The van der Waals surface area contributed by atoms with Gasteiger partial charge < -0.3 is 20.1 Å². The highest BCUT2D eigenvalue weighted by Crippen LogP contribution is 2.18. The first-order valence-corrected chi connectivity index (χ1v) is 10.6. The molecule has 10 heteroatoms. The average Bonchev–Trinajstić information content (AvgIpc) is 2.95. The van der Waals surface area contributed by atoms with Crippen LogP contribution in [0.15, 0.2) is 18.2 Å². The fourth-order valence-electron chi connectivity index (χ4n) is 3.75. The van der Waals surface area contributed by atoms with Gasteiger partial charge in [0.05, 0.1) is 12.2 Å². The summed E-state index contributed by atoms with van der Waals surface area (Å²) in [6.45, 7) is 7.13. The molecule has 1 aromatic carbocycles. The van der Waals surface area contributed by atoms with Crippen molar-refractivity contribution in [1.82, 2.24) is 10.2 Å². The Hall–Kier alpha value is -2.46. The molecule has 0 aliphatic carbocycles. The van der Waals surface area contributed by atoms with Gasteiger partial charge in [-0.25, -0.2) is 4.79 Å². The summed E-state index contributed by atoms with van der Waals surface area (Å²) in [7, 11) is 0. The summed E-state index contributed by atoms with van der Waals surface area (Å²) in [6, 6.07) is 6.01. The van der Waals surface area contributed by atoms with Crippen LogP contribution in [0, 0.1) is 0 Å². The van der Waals surface area contributed by atoms with Crippen molar-refractivity contribution < 1.29 is 37.4 Å². The zero-order valence-corrected chi connectivity index (χ0v) is 18.2. The predicted molar refractivity (Wildman–Crippen MR) is 111 cm³/mol. The van der Waals surface area contributed by atoms with Crippen LogP contribution in [0.3, 0.4) is 0 Å². The van der Waals surface area contributed by atoms with Crippen LogP contribution in [-0.4, -0.2) is 72.2 Å². The molecule has 32 heavy (non-hydrogen) atoms. The molecule has 1 saturated heterocycles. The number of hydrogen-bond donors (Lipinski definition) is 2. The molecule has 0 aromatic heterocycles. The SMILES string of the molecule is CC1CN(C(=O)CCC(=O)c2ccc3c(c2)CCNCC3)CC(C)O1.O=C(O)C(F)(F)F. The molecule has 1 aromatic rings. The second kappa shape index (κ2) is 11.4. The first kappa shape index (κ1) is 25.8. The smallest absolute Gasteiger partial charge is 0.475 e. The van der Waals surface area contributed by atoms with Crippen LogP contribution in [0.25, 0.3) is 0 Å². The first-order valence-electron chi connectivity index (χ1n) is 10.6. The number of ketones is 1. The van der Waals surface area contributed by atoms with Crippen LogP contribution in [-0.2, 0) is 27.2 Å². The van der Waals surface area contributed by atoms with Crippen LogP contribution >= 0.6 is 0 Å². The minimum Gasteiger partial charge on any atom is -0.475 e. The van der Waals surface area contributed by atoms with Gasteiger partial charge in [0.15, 0.2) is 5.78 Å². The molecule has 178 valence electrons. The van der Waals surface area contributed by atoms with Gasteiger partial charge in [0.2, 0.25) is 5.91 Å². The Morgan fingerprint density at radius 1 is 1.06 bits per heavy atom. The maximum absolute atomic E-state index is 12.5. The predicted octanol–water partition coefficient (Wildman–Crippen LogP) is 2.61. The summed E-state index contributed by atoms with van der Waals surface area (Å²) < 4.78 is 37.4. The normalized spacial score (nSPS) is 21.0. The lowest BCUT2D eigenvalue weighted by molar-refractivity contribution is -0.192. The molecule has 7 nitrogen and oxygen atoms in total. The van der Waals surface area contributed by atoms with Crippen LogP contribution < -0.4 is 5.32 Å². The number of benzene rings is 1. The van der Waals surface area contributed by atoms with Gasteiger partial charge in [-0.3, -0.25) is 9.59 Å². The third-order valence-corrected chi connectivity index (χ3v) is 5.25. The standard InChI is InChI=1S/C20H28N2O3.C2HF3O2/c1-14-12-22(13-15(2)25-14)20(24)6-5-19(23)18-4-3-16-7-9-21-10-8-17(16)11-18;3-2(4,5)1(6)7/h3-4,11,14-15,21H,5-10,12-13H2,1-2H3;(H,6,7). The van der Waals surface area contributed by atoms with E-state index in [2.05, 4.69) is 11.4 Å². The zero-order chi connectivity index (χ0) is 23.9. The zero-order valence-electron chi connectivity index (χ0n) is 18.2. The molecular formula is C22H29F3N2O5. The molecule has 0 radical (unpaired) electrons. The average molecular weight is 458 g/mol. The number of amides is 1.